The molecular weight excluding hydrogens is 254 g/mol. The Kier molecular flexibility index (Phi) is 4.58. The predicted octanol–water partition coefficient (Wildman–Crippen LogP) is 3.25. The van der Waals surface area contributed by atoms with Crippen LogP contribution in [0.15, 0.2) is 30.3 Å². The van der Waals surface area contributed by atoms with Crippen LogP contribution in [-0.4, -0.2) is 17.2 Å². The van der Waals surface area contributed by atoms with Gasteiger partial charge in [-0.3, -0.25) is 0 Å². The minimum absolute atomic E-state index is 0.0361. The fourth-order valence-electron chi connectivity index (χ4n) is 1.98. The number of aliphatic hydroxyl groups excluding tert-OH is 1. The van der Waals surface area contributed by atoms with Crippen molar-refractivity contribution in [2.24, 2.45) is 0 Å². The van der Waals surface area contributed by atoms with Crippen molar-refractivity contribution in [2.45, 2.75) is 26.9 Å². The molecule has 0 fully saturated rings. The van der Waals surface area contributed by atoms with Crippen molar-refractivity contribution >= 4 is 0 Å². The Labute approximate surface area is 119 Å². The van der Waals surface area contributed by atoms with Crippen molar-refractivity contribution in [3.63, 3.8) is 0 Å². The smallest absolute Gasteiger partial charge is 0.219 e. The van der Waals surface area contributed by atoms with Crippen LogP contribution in [0.5, 0.6) is 17.4 Å². The second kappa shape index (κ2) is 6.39. The number of aromatic nitrogens is 1. The summed E-state index contributed by atoms with van der Waals surface area (Å²) in [5, 5.41) is 9.21. The highest BCUT2D eigenvalue weighted by molar-refractivity contribution is 5.45. The Morgan fingerprint density at radius 1 is 1.10 bits per heavy atom. The van der Waals surface area contributed by atoms with Gasteiger partial charge < -0.3 is 14.6 Å². The molecule has 0 aliphatic heterocycles. The Hall–Kier alpha value is -2.07. The average molecular weight is 273 g/mol. The summed E-state index contributed by atoms with van der Waals surface area (Å²) >= 11 is 0. The van der Waals surface area contributed by atoms with Gasteiger partial charge in [0.05, 0.1) is 13.7 Å². The Balaban J connectivity index is 2.31. The molecule has 20 heavy (non-hydrogen) atoms. The minimum Gasteiger partial charge on any atom is -0.493 e. The molecule has 0 unspecified atom stereocenters. The molecule has 0 amide bonds. The molecule has 1 aromatic heterocycles. The molecule has 0 radical (unpaired) electrons. The van der Waals surface area contributed by atoms with E-state index in [4.69, 9.17) is 9.47 Å². The first-order valence-electron chi connectivity index (χ1n) is 6.59. The monoisotopic (exact) mass is 273 g/mol. The molecule has 4 heteroatoms. The maximum atomic E-state index is 9.21. The van der Waals surface area contributed by atoms with Gasteiger partial charge in [-0.2, -0.15) is 0 Å². The Bertz CT molecular complexity index is 596. The van der Waals surface area contributed by atoms with Gasteiger partial charge in [-0.15, -0.1) is 0 Å². The van der Waals surface area contributed by atoms with Crippen molar-refractivity contribution in [2.75, 3.05) is 7.11 Å². The zero-order valence-electron chi connectivity index (χ0n) is 12.0. The van der Waals surface area contributed by atoms with Crippen LogP contribution in [-0.2, 0) is 13.0 Å². The van der Waals surface area contributed by atoms with Crippen LogP contribution >= 0.6 is 0 Å². The van der Waals surface area contributed by atoms with Crippen molar-refractivity contribution in [3.05, 3.63) is 47.2 Å². The topological polar surface area (TPSA) is 51.6 Å². The van der Waals surface area contributed by atoms with Crippen molar-refractivity contribution in [3.8, 4) is 17.4 Å². The molecule has 0 bridgehead atoms. The summed E-state index contributed by atoms with van der Waals surface area (Å²) in [7, 11) is 1.62. The highest BCUT2D eigenvalue weighted by Crippen LogP contribution is 2.32. The Morgan fingerprint density at radius 2 is 1.90 bits per heavy atom. The van der Waals surface area contributed by atoms with Gasteiger partial charge in [-0.05, 0) is 42.7 Å². The molecule has 0 atom stereocenters. The highest BCUT2D eigenvalue weighted by Gasteiger charge is 2.08. The third-order valence-corrected chi connectivity index (χ3v) is 3.02. The maximum Gasteiger partial charge on any atom is 0.219 e. The van der Waals surface area contributed by atoms with Gasteiger partial charge in [0.2, 0.25) is 5.88 Å². The number of ether oxygens (including phenoxy) is 2. The van der Waals surface area contributed by atoms with Crippen molar-refractivity contribution in [1.29, 1.82) is 0 Å². The lowest BCUT2D eigenvalue weighted by Gasteiger charge is -2.12. The molecule has 4 nitrogen and oxygen atoms in total. The summed E-state index contributed by atoms with van der Waals surface area (Å²) in [6.07, 6.45) is 0.938. The molecule has 1 heterocycles. The van der Waals surface area contributed by atoms with Gasteiger partial charge in [0.1, 0.15) is 0 Å². The van der Waals surface area contributed by atoms with E-state index in [2.05, 4.69) is 11.9 Å². The van der Waals surface area contributed by atoms with E-state index in [1.54, 1.807) is 13.2 Å². The average Bonchev–Trinajstić information content (AvgIpc) is 2.47. The van der Waals surface area contributed by atoms with Crippen molar-refractivity contribution < 1.29 is 14.6 Å². The van der Waals surface area contributed by atoms with Gasteiger partial charge >= 0.3 is 0 Å². The number of rotatable bonds is 5. The van der Waals surface area contributed by atoms with Crippen LogP contribution in [0.4, 0.5) is 0 Å². The number of hydrogen-bond acceptors (Lipinski definition) is 4. The molecule has 1 aromatic carbocycles. The van der Waals surface area contributed by atoms with Crippen LogP contribution in [0.25, 0.3) is 0 Å². The minimum atomic E-state index is -0.0361. The number of benzene rings is 1. The lowest BCUT2D eigenvalue weighted by atomic mass is 10.1. The fourth-order valence-corrected chi connectivity index (χ4v) is 1.98. The quantitative estimate of drug-likeness (QED) is 0.908. The molecule has 2 aromatic rings. The van der Waals surface area contributed by atoms with Crippen LogP contribution in [0.2, 0.25) is 0 Å². The molecule has 0 aliphatic carbocycles. The van der Waals surface area contributed by atoms with E-state index in [0.29, 0.717) is 17.4 Å². The first-order chi connectivity index (χ1) is 9.66. The normalized spacial score (nSPS) is 10.4. The summed E-state index contributed by atoms with van der Waals surface area (Å²) in [4.78, 5) is 4.31. The van der Waals surface area contributed by atoms with E-state index in [0.717, 1.165) is 17.7 Å². The van der Waals surface area contributed by atoms with E-state index in [1.807, 2.05) is 31.2 Å². The van der Waals surface area contributed by atoms with Crippen LogP contribution in [0.1, 0.15) is 23.7 Å². The number of aliphatic hydroxyl groups is 1. The van der Waals surface area contributed by atoms with E-state index in [1.165, 1.54) is 5.56 Å². The number of hydrogen-bond donors (Lipinski definition) is 1. The standard InChI is InChI=1S/C16H19NO3/c1-4-12-5-6-14(15(8-12)19-3)20-16-9-13(10-18)7-11(2)17-16/h5-9,18H,4,10H2,1-3H3. The van der Waals surface area contributed by atoms with Gasteiger partial charge in [-0.1, -0.05) is 13.0 Å². The lowest BCUT2D eigenvalue weighted by Crippen LogP contribution is -1.96. The number of aryl methyl sites for hydroxylation is 2. The van der Waals surface area contributed by atoms with E-state index < -0.39 is 0 Å². The first-order valence-corrected chi connectivity index (χ1v) is 6.59. The third kappa shape index (κ3) is 3.27. The van der Waals surface area contributed by atoms with E-state index in [-0.39, 0.29) is 6.61 Å². The third-order valence-electron chi connectivity index (χ3n) is 3.02. The first kappa shape index (κ1) is 14.3. The molecule has 106 valence electrons. The zero-order chi connectivity index (χ0) is 14.5. The fraction of sp³-hybridized carbons (Fsp3) is 0.312. The largest absolute Gasteiger partial charge is 0.493 e. The molecule has 2 rings (SSSR count). The van der Waals surface area contributed by atoms with Crippen LogP contribution in [0, 0.1) is 6.92 Å². The highest BCUT2D eigenvalue weighted by atomic mass is 16.5. The van der Waals surface area contributed by atoms with Gasteiger partial charge in [0.15, 0.2) is 11.5 Å². The summed E-state index contributed by atoms with van der Waals surface area (Å²) in [6.45, 7) is 3.92. The van der Waals surface area contributed by atoms with Crippen molar-refractivity contribution in [1.82, 2.24) is 4.98 Å². The van der Waals surface area contributed by atoms with E-state index in [9.17, 15) is 5.11 Å². The molecular formula is C16H19NO3. The second-order valence-electron chi connectivity index (χ2n) is 4.55. The van der Waals surface area contributed by atoms with Gasteiger partial charge in [-0.25, -0.2) is 4.98 Å². The maximum absolute atomic E-state index is 9.21. The summed E-state index contributed by atoms with van der Waals surface area (Å²) in [6, 6.07) is 9.38. The summed E-state index contributed by atoms with van der Waals surface area (Å²) in [5.41, 5.74) is 2.76. The van der Waals surface area contributed by atoms with Gasteiger partial charge in [0, 0.05) is 11.8 Å². The zero-order valence-corrected chi connectivity index (χ0v) is 12.0. The molecule has 0 aliphatic rings. The SMILES string of the molecule is CCc1ccc(Oc2cc(CO)cc(C)n2)c(OC)c1. The Morgan fingerprint density at radius 3 is 2.55 bits per heavy atom. The summed E-state index contributed by atoms with van der Waals surface area (Å²) in [5.74, 6) is 1.75. The second-order valence-corrected chi connectivity index (χ2v) is 4.55. The van der Waals surface area contributed by atoms with Gasteiger partial charge in [0.25, 0.3) is 0 Å². The lowest BCUT2D eigenvalue weighted by molar-refractivity contribution is 0.280. The number of methoxy groups -OCH3 is 1. The van der Waals surface area contributed by atoms with Crippen LogP contribution in [0.3, 0.4) is 0 Å². The predicted molar refractivity (Wildman–Crippen MR) is 77.3 cm³/mol. The molecule has 0 saturated heterocycles. The molecule has 1 N–H and O–H groups in total. The van der Waals surface area contributed by atoms with Crippen LogP contribution < -0.4 is 9.47 Å². The molecule has 0 saturated carbocycles. The number of nitrogens with zero attached hydrogens (tertiary/aromatic N) is 1. The summed E-state index contributed by atoms with van der Waals surface area (Å²) < 4.78 is 11.1. The van der Waals surface area contributed by atoms with E-state index >= 15 is 0 Å². The number of pyridine rings is 1. The molecule has 0 spiro atoms.